The van der Waals surface area contributed by atoms with Crippen molar-refractivity contribution in [3.05, 3.63) is 40.6 Å². The topological polar surface area (TPSA) is 290 Å². The van der Waals surface area contributed by atoms with E-state index in [0.717, 1.165) is 24.3 Å². The Morgan fingerprint density at radius 2 is 1.34 bits per heavy atom. The molecule has 0 aliphatic carbocycles. The average Bonchev–Trinajstić information content (AvgIpc) is 2.98. The normalized spacial score (nSPS) is 32.5. The summed E-state index contributed by atoms with van der Waals surface area (Å²) < 4.78 is 27.6. The maximum Gasteiger partial charge on any atom is 0.239 e. The number of hydrogen-bond donors (Lipinski definition) is 11. The van der Waals surface area contributed by atoms with Gasteiger partial charge in [-0.25, -0.2) is 0 Å². The lowest BCUT2D eigenvalue weighted by Crippen LogP contribution is -2.62. The van der Waals surface area contributed by atoms with Crippen molar-refractivity contribution in [3.8, 4) is 40.1 Å². The van der Waals surface area contributed by atoms with Gasteiger partial charge in [-0.3, -0.25) is 4.79 Å². The molecule has 17 heteroatoms. The van der Waals surface area contributed by atoms with Crippen molar-refractivity contribution < 1.29 is 79.5 Å². The fraction of sp³-hybridized carbons (Fsp3) is 0.444. The van der Waals surface area contributed by atoms with Crippen LogP contribution in [0.25, 0.3) is 22.3 Å². The standard InChI is InChI=1S/C27H30O17/c28-6-14-17(33)20(36)22(38)26(42-14)40-7-15-18(34)21(37)23(39)27(43-15)44-25-19(35)16-12(32)4-9(29)5-13(16)41-24(25)8-1-2-10(30)11(31)3-8/h1-5,14-15,17-18,20-23,26-34,36-39H,6-7H2/t14-,15+,17+,18+,20+,21-,22+,23+,26-,27-/m1/s1. The van der Waals surface area contributed by atoms with Gasteiger partial charge in [0, 0.05) is 17.7 Å². The lowest BCUT2D eigenvalue weighted by molar-refractivity contribution is -0.323. The van der Waals surface area contributed by atoms with Crippen LogP contribution in [0.5, 0.6) is 28.7 Å². The summed E-state index contributed by atoms with van der Waals surface area (Å²) in [7, 11) is 0. The van der Waals surface area contributed by atoms with Crippen molar-refractivity contribution in [1.82, 2.24) is 0 Å². The third-order valence-electron chi connectivity index (χ3n) is 7.33. The van der Waals surface area contributed by atoms with Gasteiger partial charge in [-0.1, -0.05) is 0 Å². The number of aromatic hydroxyl groups is 4. The molecule has 17 nitrogen and oxygen atoms in total. The zero-order valence-corrected chi connectivity index (χ0v) is 22.4. The molecule has 11 N–H and O–H groups in total. The van der Waals surface area contributed by atoms with Crippen molar-refractivity contribution in [3.63, 3.8) is 0 Å². The molecule has 10 atom stereocenters. The Bertz CT molecular complexity index is 1560. The highest BCUT2D eigenvalue weighted by Gasteiger charge is 2.48. The number of benzene rings is 2. The highest BCUT2D eigenvalue weighted by atomic mass is 16.7. The SMILES string of the molecule is O=c1c(O[C@H]2O[C@@H](CO[C@@H]3O[C@H](CO)[C@H](O)[C@H](O)[C@@H]3O)[C@H](O)[C@@H](O)[C@@H]2O)c(-c2ccc(O)c(O)c2)oc2cc(O)cc(O)c12. The van der Waals surface area contributed by atoms with Crippen molar-refractivity contribution in [1.29, 1.82) is 0 Å². The highest BCUT2D eigenvalue weighted by molar-refractivity contribution is 5.88. The molecule has 2 aliphatic heterocycles. The molecule has 3 heterocycles. The van der Waals surface area contributed by atoms with Gasteiger partial charge in [0.15, 0.2) is 23.5 Å². The second-order valence-corrected chi connectivity index (χ2v) is 10.3. The van der Waals surface area contributed by atoms with E-state index in [-0.39, 0.29) is 11.1 Å². The molecule has 2 fully saturated rings. The van der Waals surface area contributed by atoms with Gasteiger partial charge >= 0.3 is 0 Å². The molecule has 2 saturated heterocycles. The molecule has 0 unspecified atom stereocenters. The van der Waals surface area contributed by atoms with E-state index >= 15 is 0 Å². The summed E-state index contributed by atoms with van der Waals surface area (Å²) in [6.07, 6.45) is -17.4. The third-order valence-corrected chi connectivity index (χ3v) is 7.33. The van der Waals surface area contributed by atoms with E-state index in [0.29, 0.717) is 0 Å². The van der Waals surface area contributed by atoms with E-state index in [2.05, 4.69) is 0 Å². The van der Waals surface area contributed by atoms with Crippen LogP contribution in [0.3, 0.4) is 0 Å². The predicted molar refractivity (Wildman–Crippen MR) is 142 cm³/mol. The summed E-state index contributed by atoms with van der Waals surface area (Å²) >= 11 is 0. The van der Waals surface area contributed by atoms with E-state index in [1.807, 2.05) is 0 Å². The van der Waals surface area contributed by atoms with Gasteiger partial charge in [0.1, 0.15) is 71.3 Å². The molecule has 0 spiro atoms. The van der Waals surface area contributed by atoms with E-state index in [9.17, 15) is 61.0 Å². The molecule has 240 valence electrons. The van der Waals surface area contributed by atoms with Crippen molar-refractivity contribution in [2.24, 2.45) is 0 Å². The minimum atomic E-state index is -2.00. The zero-order valence-electron chi connectivity index (χ0n) is 22.4. The summed E-state index contributed by atoms with van der Waals surface area (Å²) in [6, 6.07) is 5.17. The molecule has 0 saturated carbocycles. The van der Waals surface area contributed by atoms with E-state index in [1.165, 1.54) is 6.07 Å². The Balaban J connectivity index is 1.47. The van der Waals surface area contributed by atoms with E-state index in [1.54, 1.807) is 0 Å². The van der Waals surface area contributed by atoms with Crippen LogP contribution in [-0.4, -0.2) is 131 Å². The number of ether oxygens (including phenoxy) is 4. The molecule has 0 bridgehead atoms. The minimum Gasteiger partial charge on any atom is -0.508 e. The van der Waals surface area contributed by atoms with Crippen LogP contribution < -0.4 is 10.2 Å². The van der Waals surface area contributed by atoms with Crippen LogP contribution in [0.1, 0.15) is 0 Å². The first kappa shape index (κ1) is 31.7. The Morgan fingerprint density at radius 3 is 2.00 bits per heavy atom. The maximum atomic E-state index is 13.6. The van der Waals surface area contributed by atoms with Gasteiger partial charge in [0.25, 0.3) is 0 Å². The van der Waals surface area contributed by atoms with Crippen molar-refractivity contribution in [2.75, 3.05) is 13.2 Å². The van der Waals surface area contributed by atoms with Gasteiger partial charge in [-0.05, 0) is 18.2 Å². The molecular weight excluding hydrogens is 596 g/mol. The summed E-state index contributed by atoms with van der Waals surface area (Å²) in [6.45, 7) is -1.42. The maximum absolute atomic E-state index is 13.6. The van der Waals surface area contributed by atoms with E-state index in [4.69, 9.17) is 23.4 Å². The van der Waals surface area contributed by atoms with Crippen LogP contribution in [0.4, 0.5) is 0 Å². The van der Waals surface area contributed by atoms with Crippen LogP contribution in [0.15, 0.2) is 39.5 Å². The Labute approximate surface area is 246 Å². The van der Waals surface area contributed by atoms with Crippen LogP contribution in [-0.2, 0) is 14.2 Å². The van der Waals surface area contributed by atoms with Gasteiger partial charge in [-0.2, -0.15) is 0 Å². The minimum absolute atomic E-state index is 0.0504. The summed E-state index contributed by atoms with van der Waals surface area (Å²) in [4.78, 5) is 13.6. The summed E-state index contributed by atoms with van der Waals surface area (Å²) in [5.41, 5.74) is -1.41. The van der Waals surface area contributed by atoms with Crippen LogP contribution >= 0.6 is 0 Å². The molecule has 2 aliphatic rings. The molecule has 0 radical (unpaired) electrons. The third kappa shape index (κ3) is 5.73. The van der Waals surface area contributed by atoms with Gasteiger partial charge in [0.2, 0.25) is 17.5 Å². The van der Waals surface area contributed by atoms with Gasteiger partial charge in [0.05, 0.1) is 13.2 Å². The lowest BCUT2D eigenvalue weighted by atomic mass is 9.98. The van der Waals surface area contributed by atoms with Crippen LogP contribution in [0, 0.1) is 0 Å². The number of phenolic OH excluding ortho intramolecular Hbond substituents is 4. The molecule has 5 rings (SSSR count). The smallest absolute Gasteiger partial charge is 0.239 e. The predicted octanol–water partition coefficient (Wildman–Crippen LogP) is -2.71. The zero-order chi connectivity index (χ0) is 32.0. The number of aliphatic hydroxyl groups excluding tert-OH is 7. The van der Waals surface area contributed by atoms with Crippen molar-refractivity contribution >= 4 is 11.0 Å². The largest absolute Gasteiger partial charge is 0.508 e. The van der Waals surface area contributed by atoms with Gasteiger partial charge in [-0.15, -0.1) is 0 Å². The average molecular weight is 627 g/mol. The fourth-order valence-corrected chi connectivity index (χ4v) is 4.89. The molecule has 44 heavy (non-hydrogen) atoms. The first-order valence-corrected chi connectivity index (χ1v) is 13.2. The van der Waals surface area contributed by atoms with Crippen LogP contribution in [0.2, 0.25) is 0 Å². The number of hydrogen-bond acceptors (Lipinski definition) is 17. The second kappa shape index (κ2) is 12.3. The van der Waals surface area contributed by atoms with Crippen molar-refractivity contribution in [2.45, 2.75) is 61.4 Å². The fourth-order valence-electron chi connectivity index (χ4n) is 4.89. The first-order chi connectivity index (χ1) is 20.8. The number of rotatable bonds is 7. The Kier molecular flexibility index (Phi) is 8.87. The molecular formula is C27H30O17. The monoisotopic (exact) mass is 626 g/mol. The number of fused-ring (bicyclic) bond motifs is 1. The van der Waals surface area contributed by atoms with E-state index < -0.39 is 120 Å². The van der Waals surface area contributed by atoms with Gasteiger partial charge < -0.3 is 79.5 Å². The summed E-state index contributed by atoms with van der Waals surface area (Å²) in [5.74, 6) is -3.44. The highest BCUT2D eigenvalue weighted by Crippen LogP contribution is 2.39. The molecule has 2 aromatic carbocycles. The second-order valence-electron chi connectivity index (χ2n) is 10.3. The molecule has 0 amide bonds. The quantitative estimate of drug-likeness (QED) is 0.119. The number of phenols is 4. The Hall–Kier alpha value is -3.75. The first-order valence-electron chi connectivity index (χ1n) is 13.2. The lowest BCUT2D eigenvalue weighted by Gasteiger charge is -2.42. The number of aliphatic hydroxyl groups is 7. The summed E-state index contributed by atoms with van der Waals surface area (Å²) in [5, 5.41) is 111. The Morgan fingerprint density at radius 1 is 0.705 bits per heavy atom. The molecule has 1 aromatic heterocycles. The molecule has 3 aromatic rings.